The van der Waals surface area contributed by atoms with E-state index in [1.807, 2.05) is 63.2 Å². The van der Waals surface area contributed by atoms with E-state index in [1.54, 1.807) is 0 Å². The summed E-state index contributed by atoms with van der Waals surface area (Å²) in [7, 11) is 0. The molecule has 1 unspecified atom stereocenters. The van der Waals surface area contributed by atoms with E-state index in [2.05, 4.69) is 20.0 Å². The zero-order valence-corrected chi connectivity index (χ0v) is 16.3. The van der Waals surface area contributed by atoms with E-state index in [9.17, 15) is 4.79 Å². The Morgan fingerprint density at radius 2 is 1.96 bits per heavy atom. The second-order valence-corrected chi connectivity index (χ2v) is 8.03. The van der Waals surface area contributed by atoms with Gasteiger partial charge in [0.15, 0.2) is 5.16 Å². The Morgan fingerprint density at radius 3 is 2.63 bits per heavy atom. The first-order valence-electron chi connectivity index (χ1n) is 8.86. The molecule has 0 bridgehead atoms. The molecule has 1 atom stereocenters. The molecule has 3 rings (SSSR count). The Hall–Kier alpha value is -2.76. The molecule has 0 spiro atoms. The smallest absolute Gasteiger partial charge is 0.254 e. The van der Waals surface area contributed by atoms with Crippen LogP contribution in [0.4, 0.5) is 0 Å². The van der Waals surface area contributed by atoms with Crippen molar-refractivity contribution in [3.8, 4) is 0 Å². The van der Waals surface area contributed by atoms with Gasteiger partial charge in [-0.25, -0.2) is 4.98 Å². The summed E-state index contributed by atoms with van der Waals surface area (Å²) in [6.07, 6.45) is 0.509. The third-order valence-corrected chi connectivity index (χ3v) is 5.13. The van der Waals surface area contributed by atoms with Crippen LogP contribution in [0.5, 0.6) is 0 Å². The molecule has 27 heavy (non-hydrogen) atoms. The normalized spacial score (nSPS) is 12.1. The van der Waals surface area contributed by atoms with Crippen molar-refractivity contribution in [1.82, 2.24) is 9.97 Å². The topological polar surface area (TPSA) is 94.5 Å². The van der Waals surface area contributed by atoms with Gasteiger partial charge < -0.3 is 4.98 Å². The second kappa shape index (κ2) is 8.29. The fraction of sp³-hybridized carbons (Fsp3) is 0.300. The van der Waals surface area contributed by atoms with Crippen molar-refractivity contribution in [3.63, 3.8) is 0 Å². The fourth-order valence-corrected chi connectivity index (χ4v) is 3.80. The van der Waals surface area contributed by atoms with Gasteiger partial charge >= 0.3 is 0 Å². The summed E-state index contributed by atoms with van der Waals surface area (Å²) in [5, 5.41) is 6.96. The lowest BCUT2D eigenvalue weighted by Gasteiger charge is -2.16. The number of H-pyrrole nitrogens is 1. The number of benzene rings is 2. The lowest BCUT2D eigenvalue weighted by Crippen LogP contribution is -2.20. The maximum absolute atomic E-state index is 12.6. The molecule has 0 fully saturated rings. The molecule has 6 nitrogen and oxygen atoms in total. The molecule has 1 N–H and O–H groups in total. The highest BCUT2D eigenvalue weighted by atomic mass is 32.2. The van der Waals surface area contributed by atoms with Gasteiger partial charge in [-0.15, -0.1) is 0 Å². The quantitative estimate of drug-likeness (QED) is 0.205. The van der Waals surface area contributed by atoms with E-state index in [0.29, 0.717) is 22.8 Å². The molecule has 2 aromatic carbocycles. The highest BCUT2D eigenvalue weighted by Crippen LogP contribution is 2.30. The number of nitrogens with zero attached hydrogens (tertiary/aromatic N) is 4. The number of rotatable bonds is 6. The molecule has 0 aliphatic rings. The largest absolute Gasteiger partial charge is 0.301 e. The molecular weight excluding hydrogens is 358 g/mol. The fourth-order valence-electron chi connectivity index (χ4n) is 3.05. The molecule has 0 aliphatic carbocycles. The van der Waals surface area contributed by atoms with Crippen molar-refractivity contribution in [2.75, 3.05) is 0 Å². The van der Waals surface area contributed by atoms with Gasteiger partial charge in [0, 0.05) is 15.7 Å². The monoisotopic (exact) mass is 379 g/mol. The summed E-state index contributed by atoms with van der Waals surface area (Å²) in [5.74, 6) is 0. The van der Waals surface area contributed by atoms with Gasteiger partial charge in [-0.1, -0.05) is 80.1 Å². The minimum absolute atomic E-state index is 0.176. The van der Waals surface area contributed by atoms with Crippen molar-refractivity contribution in [2.24, 2.45) is 5.11 Å². The molecule has 0 aliphatic heterocycles. The third-order valence-electron chi connectivity index (χ3n) is 4.24. The molecule has 1 heterocycles. The average Bonchev–Trinajstić information content (AvgIpc) is 2.65. The van der Waals surface area contributed by atoms with Gasteiger partial charge in [0.05, 0.1) is 5.69 Å². The number of nitrogens with one attached hydrogen (secondary N) is 1. The van der Waals surface area contributed by atoms with E-state index in [4.69, 9.17) is 5.53 Å². The van der Waals surface area contributed by atoms with E-state index in [-0.39, 0.29) is 10.8 Å². The van der Waals surface area contributed by atoms with Crippen molar-refractivity contribution in [3.05, 3.63) is 80.1 Å². The van der Waals surface area contributed by atoms with Crippen molar-refractivity contribution in [2.45, 2.75) is 43.6 Å². The number of azide groups is 1. The first-order chi connectivity index (χ1) is 13.0. The van der Waals surface area contributed by atoms with Crippen molar-refractivity contribution < 1.29 is 0 Å². The number of thioether (sulfide) groups is 1. The van der Waals surface area contributed by atoms with E-state index in [1.165, 1.54) is 11.8 Å². The lowest BCUT2D eigenvalue weighted by molar-refractivity contribution is 0.742. The SMILES string of the molecule is CCc1c(C(N=[N+]=[N-])c2ccc3ccccc3c2)nc(SC(C)C)[nH]c1=O. The first kappa shape index (κ1) is 19.0. The zero-order chi connectivity index (χ0) is 19.4. The van der Waals surface area contributed by atoms with Crippen LogP contribution in [0, 0.1) is 0 Å². The van der Waals surface area contributed by atoms with Crippen LogP contribution in [-0.4, -0.2) is 15.2 Å². The molecule has 1 aromatic heterocycles. The van der Waals surface area contributed by atoms with Crippen LogP contribution in [0.25, 0.3) is 21.2 Å². The summed E-state index contributed by atoms with van der Waals surface area (Å²) < 4.78 is 0. The Kier molecular flexibility index (Phi) is 5.84. The molecule has 0 saturated heterocycles. The average molecular weight is 379 g/mol. The number of hydrogen-bond acceptors (Lipinski definition) is 4. The van der Waals surface area contributed by atoms with E-state index in [0.717, 1.165) is 16.3 Å². The third kappa shape index (κ3) is 4.15. The summed E-state index contributed by atoms with van der Waals surface area (Å²) >= 11 is 1.48. The number of aromatic amines is 1. The predicted octanol–water partition coefficient (Wildman–Crippen LogP) is 5.39. The molecule has 138 valence electrons. The van der Waals surface area contributed by atoms with Gasteiger partial charge in [-0.05, 0) is 28.3 Å². The standard InChI is InChI=1S/C20H21N5OS/c1-4-16-18(22-20(23-19(16)26)27-12(2)3)17(24-25-21)15-10-9-13-7-5-6-8-14(13)11-15/h5-12,17H,4H2,1-3H3,(H,22,23,26). The van der Waals surface area contributed by atoms with Crippen LogP contribution in [-0.2, 0) is 6.42 Å². The van der Waals surface area contributed by atoms with Crippen LogP contribution in [0.2, 0.25) is 0 Å². The Morgan fingerprint density at radius 1 is 1.22 bits per heavy atom. The maximum Gasteiger partial charge on any atom is 0.254 e. The maximum atomic E-state index is 12.6. The molecule has 3 aromatic rings. The minimum atomic E-state index is -0.650. The Bertz CT molecular complexity index is 1070. The summed E-state index contributed by atoms with van der Waals surface area (Å²) in [4.78, 5) is 23.1. The van der Waals surface area contributed by atoms with Crippen LogP contribution in [0.15, 0.2) is 57.5 Å². The van der Waals surface area contributed by atoms with E-state index < -0.39 is 6.04 Å². The molecular formula is C20H21N5OS. The van der Waals surface area contributed by atoms with Crippen molar-refractivity contribution >= 4 is 22.5 Å². The molecule has 0 radical (unpaired) electrons. The summed E-state index contributed by atoms with van der Waals surface area (Å²) in [6, 6.07) is 13.3. The van der Waals surface area contributed by atoms with Crippen LogP contribution in [0.3, 0.4) is 0 Å². The number of aromatic nitrogens is 2. The summed E-state index contributed by atoms with van der Waals surface area (Å²) in [6.45, 7) is 5.97. The van der Waals surface area contributed by atoms with Gasteiger partial charge in [0.25, 0.3) is 5.56 Å². The van der Waals surface area contributed by atoms with Gasteiger partial charge in [0.1, 0.15) is 6.04 Å². The molecule has 0 saturated carbocycles. The van der Waals surface area contributed by atoms with Crippen LogP contribution >= 0.6 is 11.8 Å². The second-order valence-electron chi connectivity index (χ2n) is 6.47. The number of fused-ring (bicyclic) bond motifs is 1. The highest BCUT2D eigenvalue weighted by Gasteiger charge is 2.21. The van der Waals surface area contributed by atoms with Gasteiger partial charge in [-0.2, -0.15) is 0 Å². The van der Waals surface area contributed by atoms with Gasteiger partial charge in [0.2, 0.25) is 0 Å². The van der Waals surface area contributed by atoms with Crippen LogP contribution < -0.4 is 5.56 Å². The molecule has 7 heteroatoms. The summed E-state index contributed by atoms with van der Waals surface area (Å²) in [5.41, 5.74) is 10.9. The van der Waals surface area contributed by atoms with Gasteiger partial charge in [-0.3, -0.25) is 4.79 Å². The Balaban J connectivity index is 2.19. The van der Waals surface area contributed by atoms with Crippen molar-refractivity contribution in [1.29, 1.82) is 0 Å². The lowest BCUT2D eigenvalue weighted by atomic mass is 9.97. The minimum Gasteiger partial charge on any atom is -0.301 e. The highest BCUT2D eigenvalue weighted by molar-refractivity contribution is 7.99. The van der Waals surface area contributed by atoms with E-state index >= 15 is 0 Å². The predicted molar refractivity (Wildman–Crippen MR) is 110 cm³/mol. The number of hydrogen-bond donors (Lipinski definition) is 1. The van der Waals surface area contributed by atoms with Crippen LogP contribution in [0.1, 0.15) is 43.6 Å². The first-order valence-corrected chi connectivity index (χ1v) is 9.74. The Labute approximate surface area is 161 Å². The molecule has 0 amide bonds. The zero-order valence-electron chi connectivity index (χ0n) is 15.5.